The standard InChI is InChI=1S/C16H20N4/c1-19-15(6-10-18-19)8-12-20-11-7-14-4-2-3-13(5-9-17)16(14)20/h2-4,6-7,10-11H,5,8-9,12,17H2,1H3. The van der Waals surface area contributed by atoms with Gasteiger partial charge in [0.15, 0.2) is 0 Å². The summed E-state index contributed by atoms with van der Waals surface area (Å²) in [5.41, 5.74) is 9.63. The summed E-state index contributed by atoms with van der Waals surface area (Å²) in [6.45, 7) is 1.65. The van der Waals surface area contributed by atoms with E-state index in [-0.39, 0.29) is 0 Å². The van der Waals surface area contributed by atoms with Crippen LogP contribution in [-0.2, 0) is 26.4 Å². The molecule has 104 valence electrons. The zero-order chi connectivity index (χ0) is 13.9. The molecule has 0 saturated heterocycles. The van der Waals surface area contributed by atoms with E-state index in [1.54, 1.807) is 0 Å². The summed E-state index contributed by atoms with van der Waals surface area (Å²) < 4.78 is 4.26. The average molecular weight is 268 g/mol. The van der Waals surface area contributed by atoms with Crippen molar-refractivity contribution in [2.45, 2.75) is 19.4 Å². The van der Waals surface area contributed by atoms with Crippen LogP contribution in [0.5, 0.6) is 0 Å². The van der Waals surface area contributed by atoms with Crippen molar-refractivity contribution in [2.24, 2.45) is 12.8 Å². The number of aryl methyl sites for hydroxylation is 3. The molecule has 0 saturated carbocycles. The first kappa shape index (κ1) is 12.9. The first-order valence-corrected chi connectivity index (χ1v) is 7.03. The van der Waals surface area contributed by atoms with Gasteiger partial charge in [-0.1, -0.05) is 18.2 Å². The van der Waals surface area contributed by atoms with Gasteiger partial charge in [-0.25, -0.2) is 0 Å². The second-order valence-corrected chi connectivity index (χ2v) is 5.10. The number of hydrogen-bond acceptors (Lipinski definition) is 2. The van der Waals surface area contributed by atoms with Crippen LogP contribution in [-0.4, -0.2) is 20.9 Å². The summed E-state index contributed by atoms with van der Waals surface area (Å²) in [6, 6.07) is 10.7. The van der Waals surface area contributed by atoms with Gasteiger partial charge >= 0.3 is 0 Å². The Morgan fingerprint density at radius 3 is 2.80 bits per heavy atom. The van der Waals surface area contributed by atoms with Crippen LogP contribution in [0.4, 0.5) is 0 Å². The fraction of sp³-hybridized carbons (Fsp3) is 0.312. The molecule has 2 aromatic heterocycles. The number of fused-ring (bicyclic) bond motifs is 1. The van der Waals surface area contributed by atoms with Crippen LogP contribution in [0.1, 0.15) is 11.3 Å². The highest BCUT2D eigenvalue weighted by Crippen LogP contribution is 2.21. The first-order chi connectivity index (χ1) is 9.79. The third kappa shape index (κ3) is 2.34. The second kappa shape index (κ2) is 5.51. The van der Waals surface area contributed by atoms with Gasteiger partial charge in [0, 0.05) is 38.1 Å². The number of rotatable bonds is 5. The molecule has 0 radical (unpaired) electrons. The monoisotopic (exact) mass is 268 g/mol. The minimum Gasteiger partial charge on any atom is -0.347 e. The molecule has 0 spiro atoms. The lowest BCUT2D eigenvalue weighted by molar-refractivity contribution is 0.648. The molecular formula is C16H20N4. The van der Waals surface area contributed by atoms with Gasteiger partial charge in [0.2, 0.25) is 0 Å². The molecule has 20 heavy (non-hydrogen) atoms. The van der Waals surface area contributed by atoms with Crippen molar-refractivity contribution in [3.05, 3.63) is 54.0 Å². The Morgan fingerprint density at radius 2 is 2.05 bits per heavy atom. The largest absolute Gasteiger partial charge is 0.347 e. The van der Waals surface area contributed by atoms with Crippen LogP contribution in [0.25, 0.3) is 10.9 Å². The van der Waals surface area contributed by atoms with Crippen LogP contribution in [0.3, 0.4) is 0 Å². The highest BCUT2D eigenvalue weighted by Gasteiger charge is 2.07. The minimum atomic E-state index is 0.687. The number of hydrogen-bond donors (Lipinski definition) is 1. The van der Waals surface area contributed by atoms with Gasteiger partial charge in [0.05, 0.1) is 5.52 Å². The average Bonchev–Trinajstić information content (AvgIpc) is 3.04. The predicted molar refractivity (Wildman–Crippen MR) is 81.6 cm³/mol. The lowest BCUT2D eigenvalue weighted by atomic mass is 10.1. The van der Waals surface area contributed by atoms with E-state index in [0.29, 0.717) is 6.54 Å². The Hall–Kier alpha value is -2.07. The molecule has 2 N–H and O–H groups in total. The topological polar surface area (TPSA) is 48.8 Å². The second-order valence-electron chi connectivity index (χ2n) is 5.10. The van der Waals surface area contributed by atoms with E-state index < -0.39 is 0 Å². The Morgan fingerprint density at radius 1 is 1.15 bits per heavy atom. The lowest BCUT2D eigenvalue weighted by Crippen LogP contribution is -2.07. The van der Waals surface area contributed by atoms with E-state index in [9.17, 15) is 0 Å². The molecule has 3 aromatic rings. The fourth-order valence-corrected chi connectivity index (χ4v) is 2.77. The Kier molecular flexibility index (Phi) is 3.56. The third-order valence-electron chi connectivity index (χ3n) is 3.82. The SMILES string of the molecule is Cn1nccc1CCn1ccc2cccc(CCN)c21. The molecule has 4 heteroatoms. The number of para-hydroxylation sites is 1. The van der Waals surface area contributed by atoms with Gasteiger partial charge in [0.1, 0.15) is 0 Å². The predicted octanol–water partition coefficient (Wildman–Crippen LogP) is 2.12. The highest BCUT2D eigenvalue weighted by molar-refractivity contribution is 5.83. The zero-order valence-electron chi connectivity index (χ0n) is 11.8. The third-order valence-corrected chi connectivity index (χ3v) is 3.82. The van der Waals surface area contributed by atoms with Crippen LogP contribution in [0, 0.1) is 0 Å². The molecule has 4 nitrogen and oxygen atoms in total. The molecule has 0 amide bonds. The maximum atomic E-state index is 5.72. The number of aromatic nitrogens is 3. The molecule has 0 aliphatic rings. The zero-order valence-corrected chi connectivity index (χ0v) is 11.8. The normalized spacial score (nSPS) is 11.3. The van der Waals surface area contributed by atoms with Crippen molar-refractivity contribution in [3.8, 4) is 0 Å². The van der Waals surface area contributed by atoms with Crippen molar-refractivity contribution in [3.63, 3.8) is 0 Å². The van der Waals surface area contributed by atoms with Gasteiger partial charge < -0.3 is 10.3 Å². The van der Waals surface area contributed by atoms with Crippen molar-refractivity contribution < 1.29 is 0 Å². The van der Waals surface area contributed by atoms with Crippen LogP contribution < -0.4 is 5.73 Å². The van der Waals surface area contributed by atoms with Gasteiger partial charge in [0.25, 0.3) is 0 Å². The minimum absolute atomic E-state index is 0.687. The van der Waals surface area contributed by atoms with Gasteiger partial charge in [-0.2, -0.15) is 5.10 Å². The van der Waals surface area contributed by atoms with E-state index in [0.717, 1.165) is 19.4 Å². The molecule has 0 bridgehead atoms. The highest BCUT2D eigenvalue weighted by atomic mass is 15.3. The van der Waals surface area contributed by atoms with Crippen molar-refractivity contribution in [2.75, 3.05) is 6.54 Å². The van der Waals surface area contributed by atoms with Crippen LogP contribution in [0.2, 0.25) is 0 Å². The van der Waals surface area contributed by atoms with Gasteiger partial charge in [-0.05, 0) is 36.0 Å². The van der Waals surface area contributed by atoms with Crippen molar-refractivity contribution in [1.29, 1.82) is 0 Å². The molecule has 0 aliphatic heterocycles. The summed E-state index contributed by atoms with van der Waals surface area (Å²) >= 11 is 0. The summed E-state index contributed by atoms with van der Waals surface area (Å²) in [5.74, 6) is 0. The molecule has 0 unspecified atom stereocenters. The Balaban J connectivity index is 1.89. The Bertz CT molecular complexity index is 708. The van der Waals surface area contributed by atoms with E-state index in [2.05, 4.69) is 46.2 Å². The fourth-order valence-electron chi connectivity index (χ4n) is 2.77. The van der Waals surface area contributed by atoms with E-state index in [1.807, 2.05) is 17.9 Å². The number of nitrogens with two attached hydrogens (primary N) is 1. The summed E-state index contributed by atoms with van der Waals surface area (Å²) in [5, 5.41) is 5.51. The number of nitrogens with zero attached hydrogens (tertiary/aromatic N) is 3. The number of benzene rings is 1. The smallest absolute Gasteiger partial charge is 0.0513 e. The van der Waals surface area contributed by atoms with Gasteiger partial charge in [-0.3, -0.25) is 4.68 Å². The molecular weight excluding hydrogens is 248 g/mol. The summed E-state index contributed by atoms with van der Waals surface area (Å²) in [6.07, 6.45) is 5.92. The molecule has 1 aromatic carbocycles. The Labute approximate surface area is 118 Å². The maximum Gasteiger partial charge on any atom is 0.0513 e. The molecule has 3 rings (SSSR count). The molecule has 2 heterocycles. The van der Waals surface area contributed by atoms with E-state index in [1.165, 1.54) is 22.2 Å². The summed E-state index contributed by atoms with van der Waals surface area (Å²) in [4.78, 5) is 0. The molecule has 0 aliphatic carbocycles. The van der Waals surface area contributed by atoms with Crippen LogP contribution in [0.15, 0.2) is 42.7 Å². The van der Waals surface area contributed by atoms with Crippen LogP contribution >= 0.6 is 0 Å². The molecule has 0 fully saturated rings. The maximum absolute atomic E-state index is 5.72. The molecule has 0 atom stereocenters. The van der Waals surface area contributed by atoms with E-state index in [4.69, 9.17) is 5.73 Å². The quantitative estimate of drug-likeness (QED) is 0.770. The van der Waals surface area contributed by atoms with Gasteiger partial charge in [-0.15, -0.1) is 0 Å². The lowest BCUT2D eigenvalue weighted by Gasteiger charge is -2.09. The summed E-state index contributed by atoms with van der Waals surface area (Å²) in [7, 11) is 1.99. The van der Waals surface area contributed by atoms with Crippen molar-refractivity contribution >= 4 is 10.9 Å². The van der Waals surface area contributed by atoms with E-state index >= 15 is 0 Å². The van der Waals surface area contributed by atoms with Crippen molar-refractivity contribution in [1.82, 2.24) is 14.3 Å². The first-order valence-electron chi connectivity index (χ1n) is 7.03.